The average Bonchev–Trinajstić information content (AvgIpc) is 3.35. The van der Waals surface area contributed by atoms with Crippen LogP contribution in [0, 0.1) is 6.92 Å². The monoisotopic (exact) mass is 358 g/mol. The molecule has 0 fully saturated rings. The summed E-state index contributed by atoms with van der Waals surface area (Å²) < 4.78 is 3.81. The number of hydrogen-bond acceptors (Lipinski definition) is 4. The number of aromatic nitrogens is 5. The molecule has 0 aliphatic carbocycles. The van der Waals surface area contributed by atoms with Gasteiger partial charge in [0.05, 0.1) is 6.04 Å². The number of carbonyl (C=O) groups excluding carboxylic acids is 1. The SMILES string of the molecule is Cc1ccnc2nc(C(=O)N3CCn4cccc4C3c3ccccc3)nn12. The topological polar surface area (TPSA) is 68.3 Å². The van der Waals surface area contributed by atoms with Gasteiger partial charge in [-0.3, -0.25) is 4.79 Å². The lowest BCUT2D eigenvalue weighted by Gasteiger charge is -2.36. The van der Waals surface area contributed by atoms with Crippen LogP contribution in [0.1, 0.15) is 33.6 Å². The number of fused-ring (bicyclic) bond motifs is 2. The molecule has 5 rings (SSSR count). The van der Waals surface area contributed by atoms with Crippen LogP contribution in [0.15, 0.2) is 60.9 Å². The molecule has 0 saturated carbocycles. The molecule has 0 radical (unpaired) electrons. The fourth-order valence-corrected chi connectivity index (χ4v) is 3.71. The van der Waals surface area contributed by atoms with E-state index in [-0.39, 0.29) is 17.8 Å². The lowest BCUT2D eigenvalue weighted by atomic mass is 10.00. The molecule has 1 aliphatic rings. The van der Waals surface area contributed by atoms with Crippen molar-refractivity contribution in [2.24, 2.45) is 0 Å². The third-order valence-corrected chi connectivity index (χ3v) is 5.04. The average molecular weight is 358 g/mol. The lowest BCUT2D eigenvalue weighted by Crippen LogP contribution is -2.42. The van der Waals surface area contributed by atoms with Crippen LogP contribution in [0.25, 0.3) is 5.78 Å². The van der Waals surface area contributed by atoms with Crippen molar-refractivity contribution >= 4 is 11.7 Å². The van der Waals surface area contributed by atoms with Crippen molar-refractivity contribution in [1.82, 2.24) is 29.0 Å². The van der Waals surface area contributed by atoms with Crippen LogP contribution in [0.2, 0.25) is 0 Å². The summed E-state index contributed by atoms with van der Waals surface area (Å²) in [4.78, 5) is 23.8. The molecule has 0 bridgehead atoms. The summed E-state index contributed by atoms with van der Waals surface area (Å²) in [6.07, 6.45) is 3.73. The summed E-state index contributed by atoms with van der Waals surface area (Å²) in [5.41, 5.74) is 3.06. The largest absolute Gasteiger partial charge is 0.348 e. The molecule has 4 aromatic rings. The fraction of sp³-hybridized carbons (Fsp3) is 0.200. The molecule has 3 aromatic heterocycles. The van der Waals surface area contributed by atoms with Crippen LogP contribution < -0.4 is 0 Å². The van der Waals surface area contributed by atoms with Gasteiger partial charge >= 0.3 is 0 Å². The van der Waals surface area contributed by atoms with Gasteiger partial charge in [0.1, 0.15) is 0 Å². The highest BCUT2D eigenvalue weighted by Crippen LogP contribution is 2.33. The summed E-state index contributed by atoms with van der Waals surface area (Å²) in [6, 6.07) is 15.9. The predicted molar refractivity (Wildman–Crippen MR) is 99.3 cm³/mol. The highest BCUT2D eigenvalue weighted by Gasteiger charge is 2.34. The first-order valence-electron chi connectivity index (χ1n) is 8.92. The van der Waals surface area contributed by atoms with E-state index in [2.05, 4.69) is 44.0 Å². The van der Waals surface area contributed by atoms with E-state index in [4.69, 9.17) is 0 Å². The maximum atomic E-state index is 13.3. The van der Waals surface area contributed by atoms with Gasteiger partial charge in [0.15, 0.2) is 0 Å². The molecule has 4 heterocycles. The van der Waals surface area contributed by atoms with Gasteiger partial charge in [0.2, 0.25) is 5.82 Å². The van der Waals surface area contributed by atoms with Gasteiger partial charge in [-0.25, -0.2) is 9.50 Å². The quantitative estimate of drug-likeness (QED) is 0.552. The van der Waals surface area contributed by atoms with Crippen molar-refractivity contribution in [3.05, 3.63) is 83.7 Å². The second kappa shape index (κ2) is 6.05. The Morgan fingerprint density at radius 3 is 2.74 bits per heavy atom. The van der Waals surface area contributed by atoms with Crippen molar-refractivity contribution in [1.29, 1.82) is 0 Å². The summed E-state index contributed by atoms with van der Waals surface area (Å²) in [7, 11) is 0. The first-order valence-corrected chi connectivity index (χ1v) is 8.92. The zero-order chi connectivity index (χ0) is 18.4. The van der Waals surface area contributed by atoms with Crippen LogP contribution in [0.3, 0.4) is 0 Å². The van der Waals surface area contributed by atoms with Crippen molar-refractivity contribution in [3.8, 4) is 0 Å². The van der Waals surface area contributed by atoms with E-state index in [0.717, 1.165) is 23.5 Å². The number of hydrogen-bond donors (Lipinski definition) is 0. The predicted octanol–water partition coefficient (Wildman–Crippen LogP) is 2.48. The normalized spacial score (nSPS) is 16.5. The van der Waals surface area contributed by atoms with E-state index in [1.807, 2.05) is 42.2 Å². The van der Waals surface area contributed by atoms with Crippen LogP contribution >= 0.6 is 0 Å². The molecule has 0 saturated heterocycles. The molecular formula is C20H18N6O. The van der Waals surface area contributed by atoms with Crippen molar-refractivity contribution in [2.75, 3.05) is 6.54 Å². The van der Waals surface area contributed by atoms with Gasteiger partial charge in [-0.05, 0) is 30.7 Å². The molecular weight excluding hydrogens is 340 g/mol. The van der Waals surface area contributed by atoms with Gasteiger partial charge < -0.3 is 9.47 Å². The highest BCUT2D eigenvalue weighted by atomic mass is 16.2. The molecule has 7 heteroatoms. The molecule has 1 atom stereocenters. The Bertz CT molecular complexity index is 1130. The Balaban J connectivity index is 1.59. The van der Waals surface area contributed by atoms with Crippen molar-refractivity contribution in [3.63, 3.8) is 0 Å². The molecule has 0 N–H and O–H groups in total. The highest BCUT2D eigenvalue weighted by molar-refractivity contribution is 5.91. The molecule has 0 spiro atoms. The molecule has 7 nitrogen and oxygen atoms in total. The maximum absolute atomic E-state index is 13.3. The minimum absolute atomic E-state index is 0.164. The number of aryl methyl sites for hydroxylation is 1. The molecule has 1 aliphatic heterocycles. The fourth-order valence-electron chi connectivity index (χ4n) is 3.71. The molecule has 1 aromatic carbocycles. The first-order chi connectivity index (χ1) is 13.2. The van der Waals surface area contributed by atoms with E-state index >= 15 is 0 Å². The van der Waals surface area contributed by atoms with E-state index < -0.39 is 0 Å². The second-order valence-electron chi connectivity index (χ2n) is 6.67. The minimum Gasteiger partial charge on any atom is -0.348 e. The van der Waals surface area contributed by atoms with E-state index in [1.54, 1.807) is 10.7 Å². The van der Waals surface area contributed by atoms with Crippen LogP contribution in [-0.2, 0) is 6.54 Å². The Kier molecular flexibility index (Phi) is 3.53. The number of benzene rings is 1. The molecule has 27 heavy (non-hydrogen) atoms. The Morgan fingerprint density at radius 1 is 1.07 bits per heavy atom. The van der Waals surface area contributed by atoms with Crippen LogP contribution in [-0.4, -0.2) is 41.5 Å². The van der Waals surface area contributed by atoms with Gasteiger partial charge in [-0.15, -0.1) is 5.10 Å². The Morgan fingerprint density at radius 2 is 1.93 bits per heavy atom. The number of amides is 1. The first kappa shape index (κ1) is 15.7. The minimum atomic E-state index is -0.179. The molecule has 1 unspecified atom stereocenters. The lowest BCUT2D eigenvalue weighted by molar-refractivity contribution is 0.0651. The number of nitrogens with zero attached hydrogens (tertiary/aromatic N) is 6. The number of rotatable bonds is 2. The summed E-state index contributed by atoms with van der Waals surface area (Å²) in [5.74, 6) is 0.439. The summed E-state index contributed by atoms with van der Waals surface area (Å²) in [5, 5.41) is 4.40. The van der Waals surface area contributed by atoms with Crippen molar-refractivity contribution in [2.45, 2.75) is 19.5 Å². The maximum Gasteiger partial charge on any atom is 0.294 e. The van der Waals surface area contributed by atoms with E-state index in [9.17, 15) is 4.79 Å². The third-order valence-electron chi connectivity index (χ3n) is 5.04. The number of carbonyl (C=O) groups is 1. The zero-order valence-corrected chi connectivity index (χ0v) is 14.9. The Hall–Kier alpha value is -3.48. The standard InChI is InChI=1S/C20H18N6O/c1-14-9-10-21-20-22-18(23-26(14)20)19(27)25-13-12-24-11-5-8-16(24)17(25)15-6-3-2-4-7-15/h2-11,17H,12-13H2,1H3. The Labute approximate surface area is 155 Å². The smallest absolute Gasteiger partial charge is 0.294 e. The van der Waals surface area contributed by atoms with Gasteiger partial charge in [-0.1, -0.05) is 30.3 Å². The van der Waals surface area contributed by atoms with Crippen molar-refractivity contribution < 1.29 is 4.79 Å². The van der Waals surface area contributed by atoms with E-state index in [0.29, 0.717) is 12.3 Å². The molecule has 1 amide bonds. The van der Waals surface area contributed by atoms with Crippen LogP contribution in [0.4, 0.5) is 0 Å². The molecule has 134 valence electrons. The summed E-state index contributed by atoms with van der Waals surface area (Å²) >= 11 is 0. The van der Waals surface area contributed by atoms with Gasteiger partial charge in [0, 0.05) is 36.9 Å². The van der Waals surface area contributed by atoms with Gasteiger partial charge in [-0.2, -0.15) is 4.98 Å². The second-order valence-corrected chi connectivity index (χ2v) is 6.67. The third kappa shape index (κ3) is 2.51. The van der Waals surface area contributed by atoms with E-state index in [1.165, 1.54) is 0 Å². The van der Waals surface area contributed by atoms with Gasteiger partial charge in [0.25, 0.3) is 11.7 Å². The summed E-state index contributed by atoms with van der Waals surface area (Å²) in [6.45, 7) is 3.27. The van der Waals surface area contributed by atoms with Crippen LogP contribution in [0.5, 0.6) is 0 Å². The zero-order valence-electron chi connectivity index (χ0n) is 14.9.